The van der Waals surface area contributed by atoms with Crippen molar-refractivity contribution in [2.45, 2.75) is 57.6 Å². The number of hydrogen-bond donors (Lipinski definition) is 2. The van der Waals surface area contributed by atoms with Crippen molar-refractivity contribution in [3.05, 3.63) is 35.4 Å². The van der Waals surface area contributed by atoms with Crippen LogP contribution in [0.25, 0.3) is 0 Å². The van der Waals surface area contributed by atoms with Crippen LogP contribution >= 0.6 is 0 Å². The van der Waals surface area contributed by atoms with E-state index in [9.17, 15) is 0 Å². The van der Waals surface area contributed by atoms with Crippen molar-refractivity contribution < 1.29 is 9.47 Å². The molecule has 3 unspecified atom stereocenters. The molecule has 2 heterocycles. The van der Waals surface area contributed by atoms with E-state index >= 15 is 0 Å². The average Bonchev–Trinajstić information content (AvgIpc) is 3.20. The molecule has 0 radical (unpaired) electrons. The molecule has 3 atom stereocenters. The standard InChI is InChI=1S/C18H27N3O2/c1-3-22-12-14-7-5-4-6-13(14)11-20-18(19-2)21-16-10-15-8-9-17(16)23-15/h4-7,15-17H,3,8-12H2,1-2H3,(H2,19,20,21). The second-order valence-electron chi connectivity index (χ2n) is 6.19. The Morgan fingerprint density at radius 2 is 2.13 bits per heavy atom. The summed E-state index contributed by atoms with van der Waals surface area (Å²) in [5.74, 6) is 0.845. The molecule has 2 aliphatic heterocycles. The van der Waals surface area contributed by atoms with Gasteiger partial charge in [-0.2, -0.15) is 0 Å². The molecule has 0 aromatic heterocycles. The Morgan fingerprint density at radius 1 is 1.30 bits per heavy atom. The van der Waals surface area contributed by atoms with Crippen molar-refractivity contribution in [1.82, 2.24) is 10.6 Å². The highest BCUT2D eigenvalue weighted by atomic mass is 16.5. The fourth-order valence-electron chi connectivity index (χ4n) is 3.42. The van der Waals surface area contributed by atoms with Crippen LogP contribution in [0.1, 0.15) is 37.3 Å². The van der Waals surface area contributed by atoms with E-state index in [1.54, 1.807) is 0 Å². The Hall–Kier alpha value is -1.59. The Morgan fingerprint density at radius 3 is 2.78 bits per heavy atom. The van der Waals surface area contributed by atoms with Gasteiger partial charge < -0.3 is 20.1 Å². The van der Waals surface area contributed by atoms with E-state index in [1.165, 1.54) is 17.5 Å². The summed E-state index contributed by atoms with van der Waals surface area (Å²) >= 11 is 0. The topological polar surface area (TPSA) is 54.9 Å². The highest BCUT2D eigenvalue weighted by molar-refractivity contribution is 5.80. The molecule has 5 nitrogen and oxygen atoms in total. The molecular formula is C18H27N3O2. The summed E-state index contributed by atoms with van der Waals surface area (Å²) < 4.78 is 11.4. The van der Waals surface area contributed by atoms with Gasteiger partial charge in [0.05, 0.1) is 24.9 Å². The summed E-state index contributed by atoms with van der Waals surface area (Å²) in [5.41, 5.74) is 2.47. The minimum Gasteiger partial charge on any atom is -0.377 e. The molecule has 2 bridgehead atoms. The fraction of sp³-hybridized carbons (Fsp3) is 0.611. The third-order valence-corrected chi connectivity index (χ3v) is 4.68. The van der Waals surface area contributed by atoms with Gasteiger partial charge in [-0.05, 0) is 37.3 Å². The van der Waals surface area contributed by atoms with Crippen LogP contribution in [0.2, 0.25) is 0 Å². The highest BCUT2D eigenvalue weighted by Gasteiger charge is 2.41. The number of benzene rings is 1. The van der Waals surface area contributed by atoms with Crippen LogP contribution in [0.3, 0.4) is 0 Å². The van der Waals surface area contributed by atoms with Gasteiger partial charge in [-0.3, -0.25) is 4.99 Å². The number of aliphatic imine (C=N–C) groups is 1. The first-order chi connectivity index (χ1) is 11.3. The third-order valence-electron chi connectivity index (χ3n) is 4.68. The fourth-order valence-corrected chi connectivity index (χ4v) is 3.42. The maximum atomic E-state index is 5.89. The summed E-state index contributed by atoms with van der Waals surface area (Å²) in [7, 11) is 1.81. The van der Waals surface area contributed by atoms with Crippen LogP contribution in [0.5, 0.6) is 0 Å². The second-order valence-corrected chi connectivity index (χ2v) is 6.19. The van der Waals surface area contributed by atoms with Gasteiger partial charge in [0, 0.05) is 20.2 Å². The Labute approximate surface area is 138 Å². The van der Waals surface area contributed by atoms with E-state index in [2.05, 4.69) is 39.9 Å². The van der Waals surface area contributed by atoms with Crippen molar-refractivity contribution in [2.24, 2.45) is 4.99 Å². The van der Waals surface area contributed by atoms with E-state index in [0.717, 1.165) is 32.0 Å². The second kappa shape index (κ2) is 7.79. The molecule has 0 spiro atoms. The molecule has 5 heteroatoms. The predicted octanol–water partition coefficient (Wildman–Crippen LogP) is 2.21. The minimum absolute atomic E-state index is 0.351. The number of guanidine groups is 1. The van der Waals surface area contributed by atoms with Gasteiger partial charge in [-0.15, -0.1) is 0 Å². The molecule has 2 aliphatic rings. The molecule has 23 heavy (non-hydrogen) atoms. The summed E-state index contributed by atoms with van der Waals surface area (Å²) in [6, 6.07) is 8.75. The quantitative estimate of drug-likeness (QED) is 0.624. The first-order valence-electron chi connectivity index (χ1n) is 8.57. The van der Waals surface area contributed by atoms with Crippen LogP contribution in [-0.4, -0.2) is 37.9 Å². The Bertz CT molecular complexity index is 547. The van der Waals surface area contributed by atoms with E-state index in [4.69, 9.17) is 9.47 Å². The zero-order valence-corrected chi connectivity index (χ0v) is 14.0. The van der Waals surface area contributed by atoms with Crippen molar-refractivity contribution in [1.29, 1.82) is 0 Å². The smallest absolute Gasteiger partial charge is 0.191 e. The van der Waals surface area contributed by atoms with Crippen LogP contribution in [-0.2, 0) is 22.6 Å². The number of rotatable bonds is 6. The lowest BCUT2D eigenvalue weighted by Crippen LogP contribution is -2.47. The molecule has 3 rings (SSSR count). The molecule has 0 saturated carbocycles. The SMILES string of the molecule is CCOCc1ccccc1CNC(=NC)NC1CC2CCC1O2. The highest BCUT2D eigenvalue weighted by Crippen LogP contribution is 2.34. The van der Waals surface area contributed by atoms with Gasteiger partial charge in [-0.1, -0.05) is 24.3 Å². The van der Waals surface area contributed by atoms with Gasteiger partial charge in [0.1, 0.15) is 0 Å². The van der Waals surface area contributed by atoms with E-state index in [-0.39, 0.29) is 0 Å². The third kappa shape index (κ3) is 4.03. The van der Waals surface area contributed by atoms with Crippen molar-refractivity contribution >= 4 is 5.96 Å². The number of nitrogens with zero attached hydrogens (tertiary/aromatic N) is 1. The number of ether oxygens (including phenoxy) is 2. The minimum atomic E-state index is 0.351. The normalized spacial score (nSPS) is 26.5. The molecule has 1 aromatic rings. The molecule has 0 amide bonds. The Balaban J connectivity index is 1.54. The molecular weight excluding hydrogens is 290 g/mol. The van der Waals surface area contributed by atoms with Crippen molar-refractivity contribution in [3.8, 4) is 0 Å². The lowest BCUT2D eigenvalue weighted by molar-refractivity contribution is 0.0992. The largest absolute Gasteiger partial charge is 0.377 e. The van der Waals surface area contributed by atoms with Gasteiger partial charge in [0.2, 0.25) is 0 Å². The summed E-state index contributed by atoms with van der Waals surface area (Å²) in [4.78, 5) is 4.35. The monoisotopic (exact) mass is 317 g/mol. The van der Waals surface area contributed by atoms with Gasteiger partial charge in [0.15, 0.2) is 5.96 Å². The lowest BCUT2D eigenvalue weighted by Gasteiger charge is -2.23. The predicted molar refractivity (Wildman–Crippen MR) is 91.4 cm³/mol. The number of hydrogen-bond acceptors (Lipinski definition) is 3. The summed E-state index contributed by atoms with van der Waals surface area (Å²) in [6.45, 7) is 4.14. The molecule has 2 fully saturated rings. The lowest BCUT2D eigenvalue weighted by atomic mass is 9.96. The molecule has 2 N–H and O–H groups in total. The van der Waals surface area contributed by atoms with Crippen LogP contribution in [0.4, 0.5) is 0 Å². The summed E-state index contributed by atoms with van der Waals surface area (Å²) in [6.07, 6.45) is 4.26. The zero-order valence-electron chi connectivity index (χ0n) is 14.0. The van der Waals surface area contributed by atoms with E-state index in [0.29, 0.717) is 24.9 Å². The first kappa shape index (κ1) is 16.3. The molecule has 2 saturated heterocycles. The van der Waals surface area contributed by atoms with E-state index in [1.807, 2.05) is 14.0 Å². The maximum Gasteiger partial charge on any atom is 0.191 e. The van der Waals surface area contributed by atoms with Crippen LogP contribution in [0, 0.1) is 0 Å². The first-order valence-corrected chi connectivity index (χ1v) is 8.57. The van der Waals surface area contributed by atoms with Gasteiger partial charge in [0.25, 0.3) is 0 Å². The van der Waals surface area contributed by atoms with Crippen LogP contribution in [0.15, 0.2) is 29.3 Å². The number of nitrogens with one attached hydrogen (secondary N) is 2. The molecule has 1 aromatic carbocycles. The number of fused-ring (bicyclic) bond motifs is 2. The van der Waals surface area contributed by atoms with Gasteiger partial charge >= 0.3 is 0 Å². The molecule has 126 valence electrons. The van der Waals surface area contributed by atoms with E-state index < -0.39 is 0 Å². The summed E-state index contributed by atoms with van der Waals surface area (Å²) in [5, 5.41) is 6.93. The van der Waals surface area contributed by atoms with Crippen LogP contribution < -0.4 is 10.6 Å². The maximum absolute atomic E-state index is 5.89. The van der Waals surface area contributed by atoms with Gasteiger partial charge in [-0.25, -0.2) is 0 Å². The average molecular weight is 317 g/mol. The molecule has 0 aliphatic carbocycles. The van der Waals surface area contributed by atoms with Crippen molar-refractivity contribution in [3.63, 3.8) is 0 Å². The zero-order chi connectivity index (χ0) is 16.1. The Kier molecular flexibility index (Phi) is 5.51. The van der Waals surface area contributed by atoms with Crippen molar-refractivity contribution in [2.75, 3.05) is 13.7 Å².